The minimum Gasteiger partial charge on any atom is -0.350 e. The Morgan fingerprint density at radius 1 is 1.17 bits per heavy atom. The molecule has 0 saturated carbocycles. The number of nitrogens with one attached hydrogen (secondary N) is 1. The quantitative estimate of drug-likeness (QED) is 0.859. The van der Waals surface area contributed by atoms with Gasteiger partial charge < -0.3 is 14.8 Å². The van der Waals surface area contributed by atoms with Crippen molar-refractivity contribution in [3.63, 3.8) is 0 Å². The first kappa shape index (κ1) is 18.7. The van der Waals surface area contributed by atoms with E-state index in [1.54, 1.807) is 0 Å². The van der Waals surface area contributed by atoms with E-state index in [9.17, 15) is 4.79 Å². The summed E-state index contributed by atoms with van der Waals surface area (Å²) in [4.78, 5) is 34.1. The van der Waals surface area contributed by atoms with Crippen LogP contribution in [0.4, 0.5) is 5.82 Å². The summed E-state index contributed by atoms with van der Waals surface area (Å²) in [6, 6.07) is 0. The largest absolute Gasteiger partial charge is 0.350 e. The molecule has 1 fully saturated rings. The second kappa shape index (κ2) is 7.20. The fourth-order valence-corrected chi connectivity index (χ4v) is 5.67. The molecule has 7 heteroatoms. The molecule has 0 amide bonds. The third kappa shape index (κ3) is 3.16. The number of hydrogen-bond donors (Lipinski definition) is 1. The number of hydrogen-bond acceptors (Lipinski definition) is 6. The Labute approximate surface area is 171 Å². The zero-order chi connectivity index (χ0) is 20.0. The lowest BCUT2D eigenvalue weighted by Crippen LogP contribution is -2.45. The molecular formula is C22H30N6O. The second-order valence-electron chi connectivity index (χ2n) is 8.91. The van der Waals surface area contributed by atoms with Crippen LogP contribution in [-0.4, -0.2) is 51.0 Å². The molecule has 4 heterocycles. The van der Waals surface area contributed by atoms with Crippen molar-refractivity contribution in [2.75, 3.05) is 31.1 Å². The molecule has 0 bridgehead atoms. The average molecular weight is 395 g/mol. The number of fused-ring (bicyclic) bond motifs is 3. The van der Waals surface area contributed by atoms with Crippen LogP contribution in [0.25, 0.3) is 0 Å². The van der Waals surface area contributed by atoms with E-state index >= 15 is 0 Å². The summed E-state index contributed by atoms with van der Waals surface area (Å²) in [7, 11) is 0. The Balaban J connectivity index is 1.50. The van der Waals surface area contributed by atoms with E-state index in [1.165, 1.54) is 56.4 Å². The number of aryl methyl sites for hydroxylation is 1. The van der Waals surface area contributed by atoms with Gasteiger partial charge in [0.05, 0.1) is 24.3 Å². The number of H-pyrrole nitrogens is 1. The molecule has 7 nitrogen and oxygen atoms in total. The first-order valence-corrected chi connectivity index (χ1v) is 11.0. The summed E-state index contributed by atoms with van der Waals surface area (Å²) >= 11 is 0. The highest BCUT2D eigenvalue weighted by molar-refractivity contribution is 5.55. The molecule has 154 valence electrons. The molecule has 5 rings (SSSR count). The highest BCUT2D eigenvalue weighted by Gasteiger charge is 2.45. The highest BCUT2D eigenvalue weighted by atomic mass is 16.1. The van der Waals surface area contributed by atoms with E-state index in [0.29, 0.717) is 13.0 Å². The molecular weight excluding hydrogens is 364 g/mol. The molecule has 2 aromatic rings. The molecule has 1 N–H and O–H groups in total. The minimum atomic E-state index is -0.00378. The van der Waals surface area contributed by atoms with Gasteiger partial charge in [0.2, 0.25) is 0 Å². The standard InChI is InChI=1S/C22H30N6O/c1-3-9-27-10-4-7-22(13-27)8-5-17-19(22)25-15(2)26-20(17)28-11-6-16-18(12-28)23-14-24-21(16)29/h14H,3-13H2,1-2H3,(H,23,24,29). The molecule has 1 unspecified atom stereocenters. The van der Waals surface area contributed by atoms with Crippen LogP contribution in [0.1, 0.15) is 60.9 Å². The summed E-state index contributed by atoms with van der Waals surface area (Å²) in [6.07, 6.45) is 8.15. The van der Waals surface area contributed by atoms with Crippen molar-refractivity contribution in [2.45, 2.75) is 64.3 Å². The third-order valence-corrected chi connectivity index (χ3v) is 6.96. The number of anilines is 1. The van der Waals surface area contributed by atoms with Gasteiger partial charge in [-0.1, -0.05) is 6.92 Å². The van der Waals surface area contributed by atoms with Crippen molar-refractivity contribution in [1.29, 1.82) is 0 Å². The third-order valence-electron chi connectivity index (χ3n) is 6.96. The van der Waals surface area contributed by atoms with E-state index in [4.69, 9.17) is 9.97 Å². The number of nitrogens with zero attached hydrogens (tertiary/aromatic N) is 5. The van der Waals surface area contributed by atoms with Crippen LogP contribution in [0.15, 0.2) is 11.1 Å². The van der Waals surface area contributed by atoms with Gasteiger partial charge in [-0.25, -0.2) is 15.0 Å². The Hall–Kier alpha value is -2.28. The van der Waals surface area contributed by atoms with Crippen LogP contribution in [-0.2, 0) is 24.8 Å². The molecule has 3 aliphatic rings. The van der Waals surface area contributed by atoms with Gasteiger partial charge in [0.25, 0.3) is 5.56 Å². The number of aromatic nitrogens is 4. The molecule has 1 spiro atoms. The second-order valence-corrected chi connectivity index (χ2v) is 8.91. The van der Waals surface area contributed by atoms with Gasteiger partial charge in [0, 0.05) is 29.6 Å². The van der Waals surface area contributed by atoms with Gasteiger partial charge in [-0.05, 0) is 58.5 Å². The number of piperidine rings is 1. The van der Waals surface area contributed by atoms with Crippen LogP contribution in [0.3, 0.4) is 0 Å². The summed E-state index contributed by atoms with van der Waals surface area (Å²) < 4.78 is 0. The van der Waals surface area contributed by atoms with Gasteiger partial charge >= 0.3 is 0 Å². The van der Waals surface area contributed by atoms with E-state index in [0.717, 1.165) is 42.4 Å². The summed E-state index contributed by atoms with van der Waals surface area (Å²) in [5.41, 5.74) is 4.52. The van der Waals surface area contributed by atoms with Crippen LogP contribution >= 0.6 is 0 Å². The van der Waals surface area contributed by atoms with Crippen molar-refractivity contribution in [2.24, 2.45) is 0 Å². The van der Waals surface area contributed by atoms with Crippen LogP contribution < -0.4 is 10.5 Å². The lowest BCUT2D eigenvalue weighted by molar-refractivity contribution is 0.143. The predicted octanol–water partition coefficient (Wildman–Crippen LogP) is 2.12. The van der Waals surface area contributed by atoms with E-state index in [2.05, 4.69) is 26.7 Å². The molecule has 0 radical (unpaired) electrons. The first-order chi connectivity index (χ1) is 14.1. The summed E-state index contributed by atoms with van der Waals surface area (Å²) in [5.74, 6) is 1.93. The molecule has 1 saturated heterocycles. The Bertz CT molecular complexity index is 984. The van der Waals surface area contributed by atoms with Gasteiger partial charge in [-0.3, -0.25) is 4.79 Å². The van der Waals surface area contributed by atoms with Gasteiger partial charge in [-0.15, -0.1) is 0 Å². The maximum atomic E-state index is 12.1. The Morgan fingerprint density at radius 3 is 2.93 bits per heavy atom. The molecule has 1 aliphatic carbocycles. The maximum Gasteiger partial charge on any atom is 0.254 e. The SMILES string of the molecule is CCCN1CCCC2(CCc3c(N4CCc5c(nc[nH]c5=O)C4)nc(C)nc32)C1. The number of aromatic amines is 1. The van der Waals surface area contributed by atoms with Gasteiger partial charge in [0.15, 0.2) is 0 Å². The van der Waals surface area contributed by atoms with E-state index in [1.807, 2.05) is 6.92 Å². The fourth-order valence-electron chi connectivity index (χ4n) is 5.67. The zero-order valence-corrected chi connectivity index (χ0v) is 17.5. The van der Waals surface area contributed by atoms with E-state index < -0.39 is 0 Å². The number of rotatable bonds is 3. The predicted molar refractivity (Wildman–Crippen MR) is 112 cm³/mol. The summed E-state index contributed by atoms with van der Waals surface area (Å²) in [6.45, 7) is 9.26. The normalized spacial score (nSPS) is 24.0. The Morgan fingerprint density at radius 2 is 2.07 bits per heavy atom. The molecule has 2 aliphatic heterocycles. The van der Waals surface area contributed by atoms with Crippen molar-refractivity contribution in [3.05, 3.63) is 45.0 Å². The first-order valence-electron chi connectivity index (χ1n) is 11.0. The maximum absolute atomic E-state index is 12.1. The average Bonchev–Trinajstić information content (AvgIpc) is 3.05. The monoisotopic (exact) mass is 394 g/mol. The van der Waals surface area contributed by atoms with Crippen LogP contribution in [0, 0.1) is 6.92 Å². The smallest absolute Gasteiger partial charge is 0.254 e. The fraction of sp³-hybridized carbons (Fsp3) is 0.636. The van der Waals surface area contributed by atoms with Crippen molar-refractivity contribution in [3.8, 4) is 0 Å². The van der Waals surface area contributed by atoms with Crippen molar-refractivity contribution < 1.29 is 0 Å². The lowest BCUT2D eigenvalue weighted by atomic mass is 9.77. The van der Waals surface area contributed by atoms with Crippen LogP contribution in [0.2, 0.25) is 0 Å². The Kier molecular flexibility index (Phi) is 4.65. The van der Waals surface area contributed by atoms with Gasteiger partial charge in [-0.2, -0.15) is 0 Å². The summed E-state index contributed by atoms with van der Waals surface area (Å²) in [5, 5.41) is 0. The highest BCUT2D eigenvalue weighted by Crippen LogP contribution is 2.46. The van der Waals surface area contributed by atoms with Crippen molar-refractivity contribution in [1.82, 2.24) is 24.8 Å². The lowest BCUT2D eigenvalue weighted by Gasteiger charge is -2.40. The number of likely N-dealkylation sites (tertiary alicyclic amines) is 1. The van der Waals surface area contributed by atoms with Gasteiger partial charge in [0.1, 0.15) is 11.6 Å². The van der Waals surface area contributed by atoms with Crippen molar-refractivity contribution >= 4 is 5.82 Å². The minimum absolute atomic E-state index is 0.00378. The molecule has 1 atom stereocenters. The molecule has 0 aromatic carbocycles. The molecule has 2 aromatic heterocycles. The van der Waals surface area contributed by atoms with Crippen LogP contribution in [0.5, 0.6) is 0 Å². The molecule has 29 heavy (non-hydrogen) atoms. The van der Waals surface area contributed by atoms with E-state index in [-0.39, 0.29) is 11.0 Å². The zero-order valence-electron chi connectivity index (χ0n) is 17.5. The topological polar surface area (TPSA) is 78.0 Å².